The van der Waals surface area contributed by atoms with Crippen LogP contribution in [0.5, 0.6) is 0 Å². The van der Waals surface area contributed by atoms with Crippen LogP contribution in [0.4, 0.5) is 0 Å². The molecule has 0 fully saturated rings. The second kappa shape index (κ2) is 13.5. The van der Waals surface area contributed by atoms with Crippen LogP contribution < -0.4 is 10.6 Å². The Morgan fingerprint density at radius 2 is 2.04 bits per heavy atom. The van der Waals surface area contributed by atoms with E-state index in [9.17, 15) is 0 Å². The highest BCUT2D eigenvalue weighted by Crippen LogP contribution is 2.11. The summed E-state index contributed by atoms with van der Waals surface area (Å²) >= 11 is 0. The van der Waals surface area contributed by atoms with Gasteiger partial charge >= 0.3 is 0 Å². The fourth-order valence-corrected chi connectivity index (χ4v) is 2.93. The van der Waals surface area contributed by atoms with Crippen molar-refractivity contribution in [3.05, 3.63) is 48.0 Å². The average molecular weight is 484 g/mol. The summed E-state index contributed by atoms with van der Waals surface area (Å²) in [6.45, 7) is 6.96. The molecule has 1 unspecified atom stereocenters. The summed E-state index contributed by atoms with van der Waals surface area (Å²) in [6, 6.07) is 8.51. The molecule has 0 aliphatic rings. The van der Waals surface area contributed by atoms with Gasteiger partial charge in [0.1, 0.15) is 12.7 Å². The first-order chi connectivity index (χ1) is 12.7. The predicted molar refractivity (Wildman–Crippen MR) is 122 cm³/mol. The molecule has 0 aliphatic heterocycles. The molecular weight excluding hydrogens is 451 g/mol. The number of hydrogen-bond acceptors (Lipinski definition) is 3. The molecule has 0 amide bonds. The van der Waals surface area contributed by atoms with E-state index < -0.39 is 0 Å². The van der Waals surface area contributed by atoms with Crippen LogP contribution in [0.3, 0.4) is 0 Å². The zero-order valence-electron chi connectivity index (χ0n) is 16.7. The Morgan fingerprint density at radius 3 is 2.70 bits per heavy atom. The number of aliphatic imine (C=N–C) groups is 1. The minimum atomic E-state index is 0. The average Bonchev–Trinajstić information content (AvgIpc) is 3.17. The molecule has 0 aliphatic carbocycles. The third-order valence-corrected chi connectivity index (χ3v) is 4.59. The number of nitrogens with zero attached hydrogens (tertiary/aromatic N) is 4. The van der Waals surface area contributed by atoms with Gasteiger partial charge in [0.15, 0.2) is 5.96 Å². The van der Waals surface area contributed by atoms with Crippen LogP contribution in [0.15, 0.2) is 41.9 Å². The quantitative estimate of drug-likeness (QED) is 0.306. The van der Waals surface area contributed by atoms with Gasteiger partial charge in [-0.2, -0.15) is 5.10 Å². The lowest BCUT2D eigenvalue weighted by atomic mass is 9.99. The number of benzene rings is 1. The maximum atomic E-state index is 4.34. The van der Waals surface area contributed by atoms with Crippen molar-refractivity contribution in [2.24, 2.45) is 10.9 Å². The SMILES string of the molecule is CCCCC(CC)CNC(=NC)NCc1cccc(Cn2cncn2)c1.I. The van der Waals surface area contributed by atoms with E-state index >= 15 is 0 Å². The topological polar surface area (TPSA) is 67.1 Å². The van der Waals surface area contributed by atoms with Gasteiger partial charge in [-0.15, -0.1) is 24.0 Å². The van der Waals surface area contributed by atoms with Gasteiger partial charge in [0.2, 0.25) is 0 Å². The monoisotopic (exact) mass is 484 g/mol. The first-order valence-corrected chi connectivity index (χ1v) is 9.59. The van der Waals surface area contributed by atoms with Gasteiger partial charge in [0.05, 0.1) is 6.54 Å². The van der Waals surface area contributed by atoms with E-state index in [-0.39, 0.29) is 24.0 Å². The Hall–Kier alpha value is -1.64. The van der Waals surface area contributed by atoms with Crippen molar-refractivity contribution in [1.82, 2.24) is 25.4 Å². The number of halogens is 1. The van der Waals surface area contributed by atoms with E-state index in [0.717, 1.165) is 25.6 Å². The van der Waals surface area contributed by atoms with Crippen LogP contribution in [-0.2, 0) is 13.1 Å². The van der Waals surface area contributed by atoms with Crippen LogP contribution in [0.25, 0.3) is 0 Å². The highest BCUT2D eigenvalue weighted by atomic mass is 127. The zero-order valence-corrected chi connectivity index (χ0v) is 19.0. The summed E-state index contributed by atoms with van der Waals surface area (Å²) in [5.41, 5.74) is 2.44. The Labute approximate surface area is 180 Å². The van der Waals surface area contributed by atoms with Gasteiger partial charge in [-0.05, 0) is 23.5 Å². The van der Waals surface area contributed by atoms with Crippen molar-refractivity contribution in [2.45, 2.75) is 52.6 Å². The molecule has 27 heavy (non-hydrogen) atoms. The summed E-state index contributed by atoms with van der Waals surface area (Å²) in [6.07, 6.45) is 8.33. The smallest absolute Gasteiger partial charge is 0.191 e. The Kier molecular flexibility index (Phi) is 11.7. The number of aromatic nitrogens is 3. The Bertz CT molecular complexity index is 656. The molecule has 1 aromatic carbocycles. The zero-order chi connectivity index (χ0) is 18.6. The van der Waals surface area contributed by atoms with E-state index in [1.165, 1.54) is 36.8 Å². The second-order valence-corrected chi connectivity index (χ2v) is 6.64. The molecule has 2 rings (SSSR count). The number of rotatable bonds is 10. The van der Waals surface area contributed by atoms with Gasteiger partial charge < -0.3 is 10.6 Å². The molecule has 7 heteroatoms. The van der Waals surface area contributed by atoms with E-state index in [4.69, 9.17) is 0 Å². The molecule has 2 aromatic rings. The third-order valence-electron chi connectivity index (χ3n) is 4.59. The van der Waals surface area contributed by atoms with E-state index in [1.807, 2.05) is 11.7 Å². The molecule has 0 saturated carbocycles. The fourth-order valence-electron chi connectivity index (χ4n) is 2.93. The summed E-state index contributed by atoms with van der Waals surface area (Å²) < 4.78 is 1.83. The molecule has 1 aromatic heterocycles. The highest BCUT2D eigenvalue weighted by molar-refractivity contribution is 14.0. The second-order valence-electron chi connectivity index (χ2n) is 6.64. The first-order valence-electron chi connectivity index (χ1n) is 9.59. The van der Waals surface area contributed by atoms with E-state index in [0.29, 0.717) is 5.92 Å². The maximum absolute atomic E-state index is 4.34. The number of hydrogen-bond donors (Lipinski definition) is 2. The Morgan fingerprint density at radius 1 is 1.22 bits per heavy atom. The summed E-state index contributed by atoms with van der Waals surface area (Å²) in [7, 11) is 1.82. The van der Waals surface area contributed by atoms with Crippen LogP contribution in [0.1, 0.15) is 50.7 Å². The lowest BCUT2D eigenvalue weighted by Gasteiger charge is -2.18. The minimum Gasteiger partial charge on any atom is -0.356 e. The van der Waals surface area contributed by atoms with Gasteiger partial charge in [-0.25, -0.2) is 9.67 Å². The molecule has 2 N–H and O–H groups in total. The lowest BCUT2D eigenvalue weighted by Crippen LogP contribution is -2.39. The van der Waals surface area contributed by atoms with Crippen LogP contribution in [0, 0.1) is 5.92 Å². The number of guanidine groups is 1. The molecule has 0 bridgehead atoms. The summed E-state index contributed by atoms with van der Waals surface area (Å²) in [4.78, 5) is 8.33. The van der Waals surface area contributed by atoms with Crippen LogP contribution in [0.2, 0.25) is 0 Å². The minimum absolute atomic E-state index is 0. The molecule has 1 atom stereocenters. The molecular formula is C20H33IN6. The molecule has 150 valence electrons. The van der Waals surface area contributed by atoms with Crippen molar-refractivity contribution in [1.29, 1.82) is 0 Å². The van der Waals surface area contributed by atoms with Crippen molar-refractivity contribution >= 4 is 29.9 Å². The van der Waals surface area contributed by atoms with Crippen molar-refractivity contribution in [3.8, 4) is 0 Å². The van der Waals surface area contributed by atoms with Gasteiger partial charge in [-0.1, -0.05) is 57.4 Å². The molecule has 1 heterocycles. The van der Waals surface area contributed by atoms with Gasteiger partial charge in [0.25, 0.3) is 0 Å². The standard InChI is InChI=1S/C20H32N6.HI/c1-4-6-8-17(5-2)12-23-20(21-3)24-13-18-9-7-10-19(11-18)14-26-16-22-15-25-26;/h7,9-11,15-17H,4-6,8,12-14H2,1-3H3,(H2,21,23,24);1H. The molecule has 0 spiro atoms. The lowest BCUT2D eigenvalue weighted by molar-refractivity contribution is 0.443. The normalized spacial score (nSPS) is 12.3. The highest BCUT2D eigenvalue weighted by Gasteiger charge is 2.07. The number of unbranched alkanes of at least 4 members (excludes halogenated alkanes) is 1. The van der Waals surface area contributed by atoms with Crippen LogP contribution >= 0.6 is 24.0 Å². The predicted octanol–water partition coefficient (Wildman–Crippen LogP) is 3.83. The fraction of sp³-hybridized carbons (Fsp3) is 0.550. The number of nitrogens with one attached hydrogen (secondary N) is 2. The Balaban J connectivity index is 0.00000364. The summed E-state index contributed by atoms with van der Waals surface area (Å²) in [5, 5.41) is 11.0. The molecule has 0 saturated heterocycles. The first kappa shape index (κ1) is 23.4. The molecule has 0 radical (unpaired) electrons. The largest absolute Gasteiger partial charge is 0.356 e. The van der Waals surface area contributed by atoms with Crippen molar-refractivity contribution in [3.63, 3.8) is 0 Å². The third kappa shape index (κ3) is 8.73. The van der Waals surface area contributed by atoms with Crippen molar-refractivity contribution < 1.29 is 0 Å². The van der Waals surface area contributed by atoms with E-state index in [1.54, 1.807) is 12.7 Å². The van der Waals surface area contributed by atoms with E-state index in [2.05, 4.69) is 63.8 Å². The maximum Gasteiger partial charge on any atom is 0.191 e. The van der Waals surface area contributed by atoms with Crippen molar-refractivity contribution in [2.75, 3.05) is 13.6 Å². The van der Waals surface area contributed by atoms with Gasteiger partial charge in [-0.3, -0.25) is 4.99 Å². The van der Waals surface area contributed by atoms with Gasteiger partial charge in [0, 0.05) is 20.1 Å². The summed E-state index contributed by atoms with van der Waals surface area (Å²) in [5.74, 6) is 1.57. The van der Waals surface area contributed by atoms with Crippen LogP contribution in [-0.4, -0.2) is 34.3 Å². The molecule has 6 nitrogen and oxygen atoms in total.